The molecular formula is C13H21N. The lowest BCUT2D eigenvalue weighted by atomic mass is 10.1. The van der Waals surface area contributed by atoms with Gasteiger partial charge in [0, 0.05) is 11.7 Å². The van der Waals surface area contributed by atoms with Crippen molar-refractivity contribution in [2.24, 2.45) is 0 Å². The molecule has 14 heavy (non-hydrogen) atoms. The first-order valence-corrected chi connectivity index (χ1v) is 5.48. The van der Waals surface area contributed by atoms with Crippen molar-refractivity contribution >= 4 is 5.69 Å². The predicted molar refractivity (Wildman–Crippen MR) is 63.9 cm³/mol. The summed E-state index contributed by atoms with van der Waals surface area (Å²) in [6.07, 6.45) is 2.46. The van der Waals surface area contributed by atoms with Crippen LogP contribution in [0.15, 0.2) is 18.2 Å². The highest BCUT2D eigenvalue weighted by Gasteiger charge is 2.03. The van der Waals surface area contributed by atoms with Crippen molar-refractivity contribution in [3.05, 3.63) is 29.3 Å². The molecule has 1 heteroatoms. The smallest absolute Gasteiger partial charge is 0.0374 e. The first kappa shape index (κ1) is 11.1. The second kappa shape index (κ2) is 5.04. The first-order valence-electron chi connectivity index (χ1n) is 5.48. The van der Waals surface area contributed by atoms with Gasteiger partial charge in [-0.1, -0.05) is 25.5 Å². The van der Waals surface area contributed by atoms with Crippen LogP contribution in [-0.4, -0.2) is 6.04 Å². The van der Waals surface area contributed by atoms with E-state index in [0.717, 1.165) is 0 Å². The fraction of sp³-hybridized carbons (Fsp3) is 0.538. The molecule has 1 N–H and O–H groups in total. The Hall–Kier alpha value is -0.980. The maximum atomic E-state index is 3.55. The quantitative estimate of drug-likeness (QED) is 0.761. The molecule has 1 nitrogen and oxygen atoms in total. The van der Waals surface area contributed by atoms with Crippen molar-refractivity contribution in [1.82, 2.24) is 0 Å². The van der Waals surface area contributed by atoms with Gasteiger partial charge in [0.05, 0.1) is 0 Å². The van der Waals surface area contributed by atoms with Gasteiger partial charge in [-0.25, -0.2) is 0 Å². The number of aryl methyl sites for hydroxylation is 1. The van der Waals surface area contributed by atoms with Crippen LogP contribution in [0.2, 0.25) is 0 Å². The highest BCUT2D eigenvalue weighted by molar-refractivity contribution is 5.54. The van der Waals surface area contributed by atoms with Crippen LogP contribution in [0.25, 0.3) is 0 Å². The van der Waals surface area contributed by atoms with Crippen LogP contribution in [0, 0.1) is 13.8 Å². The predicted octanol–water partition coefficient (Wildman–Crippen LogP) is 3.90. The Kier molecular flexibility index (Phi) is 3.99. The Morgan fingerprint density at radius 1 is 1.29 bits per heavy atom. The standard InChI is InChI=1S/C13H21N/c1-5-7-11(3)14-13-9-6-8-10(2)12(13)4/h6,8-9,11,14H,5,7H2,1-4H3. The zero-order valence-corrected chi connectivity index (χ0v) is 9.72. The summed E-state index contributed by atoms with van der Waals surface area (Å²) < 4.78 is 0. The third-order valence-corrected chi connectivity index (χ3v) is 2.73. The molecule has 0 saturated heterocycles. The summed E-state index contributed by atoms with van der Waals surface area (Å²) in [4.78, 5) is 0. The van der Waals surface area contributed by atoms with E-state index < -0.39 is 0 Å². The fourth-order valence-electron chi connectivity index (χ4n) is 1.68. The van der Waals surface area contributed by atoms with Gasteiger partial charge in [0.1, 0.15) is 0 Å². The summed E-state index contributed by atoms with van der Waals surface area (Å²) >= 11 is 0. The molecule has 0 aliphatic heterocycles. The molecule has 0 amide bonds. The monoisotopic (exact) mass is 191 g/mol. The molecule has 0 radical (unpaired) electrons. The summed E-state index contributed by atoms with van der Waals surface area (Å²) in [7, 11) is 0. The summed E-state index contributed by atoms with van der Waals surface area (Å²) in [5.74, 6) is 0. The van der Waals surface area contributed by atoms with E-state index in [1.165, 1.54) is 29.7 Å². The van der Waals surface area contributed by atoms with Gasteiger partial charge >= 0.3 is 0 Å². The zero-order valence-electron chi connectivity index (χ0n) is 9.72. The molecule has 1 rings (SSSR count). The molecular weight excluding hydrogens is 170 g/mol. The number of hydrogen-bond acceptors (Lipinski definition) is 1. The summed E-state index contributed by atoms with van der Waals surface area (Å²) in [6, 6.07) is 7.00. The SMILES string of the molecule is CCCC(C)Nc1cccc(C)c1C. The van der Waals surface area contributed by atoms with Gasteiger partial charge in [-0.05, 0) is 44.4 Å². The van der Waals surface area contributed by atoms with Gasteiger partial charge in [0.15, 0.2) is 0 Å². The molecule has 1 atom stereocenters. The lowest BCUT2D eigenvalue weighted by Crippen LogP contribution is -2.15. The van der Waals surface area contributed by atoms with Crippen molar-refractivity contribution in [1.29, 1.82) is 0 Å². The molecule has 78 valence electrons. The molecule has 0 spiro atoms. The number of rotatable bonds is 4. The van der Waals surface area contributed by atoms with E-state index in [-0.39, 0.29) is 0 Å². The number of hydrogen-bond donors (Lipinski definition) is 1. The maximum absolute atomic E-state index is 3.55. The van der Waals surface area contributed by atoms with Crippen LogP contribution in [0.4, 0.5) is 5.69 Å². The lowest BCUT2D eigenvalue weighted by molar-refractivity contribution is 0.690. The third-order valence-electron chi connectivity index (χ3n) is 2.73. The summed E-state index contributed by atoms with van der Waals surface area (Å²) in [5, 5.41) is 3.55. The van der Waals surface area contributed by atoms with E-state index in [1.807, 2.05) is 0 Å². The van der Waals surface area contributed by atoms with E-state index in [4.69, 9.17) is 0 Å². The Morgan fingerprint density at radius 3 is 2.64 bits per heavy atom. The van der Waals surface area contributed by atoms with E-state index >= 15 is 0 Å². The Morgan fingerprint density at radius 2 is 2.00 bits per heavy atom. The molecule has 0 fully saturated rings. The van der Waals surface area contributed by atoms with E-state index in [1.54, 1.807) is 0 Å². The topological polar surface area (TPSA) is 12.0 Å². The molecule has 0 saturated carbocycles. The van der Waals surface area contributed by atoms with Gasteiger partial charge in [-0.3, -0.25) is 0 Å². The van der Waals surface area contributed by atoms with E-state index in [2.05, 4.69) is 51.2 Å². The number of nitrogens with one attached hydrogen (secondary N) is 1. The van der Waals surface area contributed by atoms with Crippen LogP contribution in [0.5, 0.6) is 0 Å². The fourth-order valence-corrected chi connectivity index (χ4v) is 1.68. The van der Waals surface area contributed by atoms with Crippen LogP contribution < -0.4 is 5.32 Å². The third kappa shape index (κ3) is 2.76. The minimum atomic E-state index is 0.570. The zero-order chi connectivity index (χ0) is 10.6. The van der Waals surface area contributed by atoms with Crippen LogP contribution in [0.3, 0.4) is 0 Å². The van der Waals surface area contributed by atoms with Crippen molar-refractivity contribution < 1.29 is 0 Å². The molecule has 1 aromatic rings. The van der Waals surface area contributed by atoms with Crippen LogP contribution >= 0.6 is 0 Å². The van der Waals surface area contributed by atoms with Crippen LogP contribution in [0.1, 0.15) is 37.8 Å². The highest BCUT2D eigenvalue weighted by atomic mass is 14.9. The molecule has 0 aromatic heterocycles. The van der Waals surface area contributed by atoms with E-state index in [9.17, 15) is 0 Å². The van der Waals surface area contributed by atoms with Crippen LogP contribution in [-0.2, 0) is 0 Å². The Bertz CT molecular complexity index is 291. The average molecular weight is 191 g/mol. The van der Waals surface area contributed by atoms with Gasteiger partial charge in [-0.15, -0.1) is 0 Å². The molecule has 1 aromatic carbocycles. The van der Waals surface area contributed by atoms with Crippen molar-refractivity contribution in [3.63, 3.8) is 0 Å². The largest absolute Gasteiger partial charge is 0.382 e. The number of benzene rings is 1. The van der Waals surface area contributed by atoms with Crippen molar-refractivity contribution in [2.75, 3.05) is 5.32 Å². The van der Waals surface area contributed by atoms with Crippen molar-refractivity contribution in [2.45, 2.75) is 46.6 Å². The second-order valence-corrected chi connectivity index (χ2v) is 4.08. The van der Waals surface area contributed by atoms with Crippen molar-refractivity contribution in [3.8, 4) is 0 Å². The molecule has 0 bridgehead atoms. The molecule has 0 aliphatic carbocycles. The van der Waals surface area contributed by atoms with Gasteiger partial charge in [0.2, 0.25) is 0 Å². The summed E-state index contributed by atoms with van der Waals surface area (Å²) in [6.45, 7) is 8.80. The Labute approximate surface area is 87.5 Å². The van der Waals surface area contributed by atoms with E-state index in [0.29, 0.717) is 6.04 Å². The first-order chi connectivity index (χ1) is 6.65. The summed E-state index contributed by atoms with van der Waals surface area (Å²) in [5.41, 5.74) is 4.01. The van der Waals surface area contributed by atoms with Gasteiger partial charge in [-0.2, -0.15) is 0 Å². The Balaban J connectivity index is 2.71. The van der Waals surface area contributed by atoms with Gasteiger partial charge in [0.25, 0.3) is 0 Å². The average Bonchev–Trinajstić information content (AvgIpc) is 2.13. The molecule has 1 unspecified atom stereocenters. The van der Waals surface area contributed by atoms with Gasteiger partial charge < -0.3 is 5.32 Å². The minimum Gasteiger partial charge on any atom is -0.382 e. The lowest BCUT2D eigenvalue weighted by Gasteiger charge is -2.17. The highest BCUT2D eigenvalue weighted by Crippen LogP contribution is 2.19. The normalized spacial score (nSPS) is 12.6. The number of anilines is 1. The minimum absolute atomic E-state index is 0.570. The molecule has 0 aliphatic rings. The second-order valence-electron chi connectivity index (χ2n) is 4.08. The maximum Gasteiger partial charge on any atom is 0.0374 e. The molecule has 0 heterocycles.